The molecule has 2 heterocycles. The highest BCUT2D eigenvalue weighted by Gasteiger charge is 2.37. The lowest BCUT2D eigenvalue weighted by atomic mass is 9.94. The lowest BCUT2D eigenvalue weighted by molar-refractivity contribution is -0.142. The summed E-state index contributed by atoms with van der Waals surface area (Å²) in [5.74, 6) is 0.522. The maximum absolute atomic E-state index is 12.9. The van der Waals surface area contributed by atoms with Crippen LogP contribution < -0.4 is 0 Å². The molecule has 29 heavy (non-hydrogen) atoms. The predicted molar refractivity (Wildman–Crippen MR) is 111 cm³/mol. The topological polar surface area (TPSA) is 60.9 Å². The van der Waals surface area contributed by atoms with Crippen LogP contribution in [0.1, 0.15) is 36.0 Å². The van der Waals surface area contributed by atoms with Crippen molar-refractivity contribution in [3.8, 4) is 0 Å². The van der Waals surface area contributed by atoms with Gasteiger partial charge in [-0.3, -0.25) is 14.4 Å². The number of hydrogen-bond acceptors (Lipinski definition) is 3. The number of carbonyl (C=O) groups is 3. The minimum Gasteiger partial charge on any atom is -0.342 e. The summed E-state index contributed by atoms with van der Waals surface area (Å²) in [5, 5.41) is 0.863. The summed E-state index contributed by atoms with van der Waals surface area (Å²) in [6, 6.07) is 4.83. The van der Waals surface area contributed by atoms with Crippen LogP contribution in [0.3, 0.4) is 0 Å². The zero-order valence-electron chi connectivity index (χ0n) is 16.3. The molecule has 1 aromatic carbocycles. The SMILES string of the molecule is O=C(c1cc(Cl)cc(Cl)c1)N1CCN(C(=O)C2CCN(C(=O)C3CC3)CC2)CC1. The minimum absolute atomic E-state index is 0.0211. The summed E-state index contributed by atoms with van der Waals surface area (Å²) in [4.78, 5) is 43.3. The number of piperazine rings is 1. The van der Waals surface area contributed by atoms with Crippen molar-refractivity contribution < 1.29 is 14.4 Å². The standard InChI is InChI=1S/C21H25Cl2N3O3/c22-17-11-16(12-18(23)13-17)21(29)26-9-7-25(8-10-26)20(28)15-3-5-24(6-4-15)19(27)14-1-2-14/h11-15H,1-10H2. The second-order valence-corrected chi connectivity index (χ2v) is 9.02. The zero-order valence-corrected chi connectivity index (χ0v) is 17.8. The van der Waals surface area contributed by atoms with Gasteiger partial charge < -0.3 is 14.7 Å². The molecule has 0 N–H and O–H groups in total. The van der Waals surface area contributed by atoms with Crippen molar-refractivity contribution in [3.05, 3.63) is 33.8 Å². The van der Waals surface area contributed by atoms with E-state index in [2.05, 4.69) is 0 Å². The molecule has 3 aliphatic rings. The third-order valence-corrected chi connectivity index (χ3v) is 6.51. The van der Waals surface area contributed by atoms with Gasteiger partial charge in [-0.2, -0.15) is 0 Å². The fraction of sp³-hybridized carbons (Fsp3) is 0.571. The highest BCUT2D eigenvalue weighted by molar-refractivity contribution is 6.35. The second-order valence-electron chi connectivity index (χ2n) is 8.15. The molecule has 156 valence electrons. The van der Waals surface area contributed by atoms with E-state index < -0.39 is 0 Å². The van der Waals surface area contributed by atoms with Crippen LogP contribution in [-0.4, -0.2) is 71.7 Å². The number of piperidine rings is 1. The average molecular weight is 438 g/mol. The van der Waals surface area contributed by atoms with Crippen LogP contribution in [0.2, 0.25) is 10.0 Å². The van der Waals surface area contributed by atoms with Gasteiger partial charge in [-0.1, -0.05) is 23.2 Å². The molecule has 0 unspecified atom stereocenters. The Balaban J connectivity index is 1.27. The van der Waals surface area contributed by atoms with Crippen molar-refractivity contribution in [2.75, 3.05) is 39.3 Å². The zero-order chi connectivity index (χ0) is 20.5. The summed E-state index contributed by atoms with van der Waals surface area (Å²) < 4.78 is 0. The Morgan fingerprint density at radius 1 is 0.655 bits per heavy atom. The predicted octanol–water partition coefficient (Wildman–Crippen LogP) is 2.93. The Morgan fingerprint density at radius 3 is 1.62 bits per heavy atom. The van der Waals surface area contributed by atoms with Gasteiger partial charge in [0, 0.05) is 66.7 Å². The molecule has 4 rings (SSSR count). The molecule has 0 radical (unpaired) electrons. The summed E-state index contributed by atoms with van der Waals surface area (Å²) in [6.07, 6.45) is 3.50. The van der Waals surface area contributed by atoms with E-state index in [1.807, 2.05) is 9.80 Å². The fourth-order valence-corrected chi connectivity index (χ4v) is 4.71. The molecule has 0 aromatic heterocycles. The lowest BCUT2D eigenvalue weighted by Gasteiger charge is -2.38. The third-order valence-electron chi connectivity index (χ3n) is 6.07. The summed E-state index contributed by atoms with van der Waals surface area (Å²) in [7, 11) is 0. The smallest absolute Gasteiger partial charge is 0.254 e. The van der Waals surface area contributed by atoms with E-state index in [-0.39, 0.29) is 29.6 Å². The number of amides is 3. The molecule has 6 nitrogen and oxygen atoms in total. The molecule has 8 heteroatoms. The number of benzene rings is 1. The van der Waals surface area contributed by atoms with Gasteiger partial charge in [-0.15, -0.1) is 0 Å². The van der Waals surface area contributed by atoms with Crippen LogP contribution in [0, 0.1) is 11.8 Å². The Hall–Kier alpha value is -1.79. The monoisotopic (exact) mass is 437 g/mol. The second kappa shape index (κ2) is 8.52. The number of likely N-dealkylation sites (tertiary alicyclic amines) is 1. The maximum Gasteiger partial charge on any atom is 0.254 e. The van der Waals surface area contributed by atoms with Crippen molar-refractivity contribution >= 4 is 40.9 Å². The van der Waals surface area contributed by atoms with Crippen LogP contribution in [0.25, 0.3) is 0 Å². The van der Waals surface area contributed by atoms with E-state index in [0.717, 1.165) is 25.7 Å². The third kappa shape index (κ3) is 4.69. The van der Waals surface area contributed by atoms with E-state index >= 15 is 0 Å². The summed E-state index contributed by atoms with van der Waals surface area (Å²) >= 11 is 12.0. The molecular formula is C21H25Cl2N3O3. The van der Waals surface area contributed by atoms with Gasteiger partial charge >= 0.3 is 0 Å². The van der Waals surface area contributed by atoms with Gasteiger partial charge in [0.1, 0.15) is 0 Å². The molecule has 2 aliphatic heterocycles. The van der Waals surface area contributed by atoms with Crippen molar-refractivity contribution in [1.29, 1.82) is 0 Å². The highest BCUT2D eigenvalue weighted by atomic mass is 35.5. The van der Waals surface area contributed by atoms with E-state index in [0.29, 0.717) is 54.9 Å². The van der Waals surface area contributed by atoms with Crippen LogP contribution in [0.4, 0.5) is 0 Å². The molecule has 1 aromatic rings. The van der Waals surface area contributed by atoms with Crippen molar-refractivity contribution in [2.24, 2.45) is 11.8 Å². The number of hydrogen-bond donors (Lipinski definition) is 0. The van der Waals surface area contributed by atoms with E-state index in [4.69, 9.17) is 23.2 Å². The fourth-order valence-electron chi connectivity index (χ4n) is 4.18. The van der Waals surface area contributed by atoms with Gasteiger partial charge in [0.05, 0.1) is 0 Å². The van der Waals surface area contributed by atoms with Crippen molar-refractivity contribution in [3.63, 3.8) is 0 Å². The van der Waals surface area contributed by atoms with Crippen molar-refractivity contribution in [1.82, 2.24) is 14.7 Å². The van der Waals surface area contributed by atoms with E-state index in [1.54, 1.807) is 23.1 Å². The Labute approximate surface area is 180 Å². The molecule has 2 saturated heterocycles. The molecule has 0 bridgehead atoms. The summed E-state index contributed by atoms with van der Waals surface area (Å²) in [6.45, 7) is 3.40. The van der Waals surface area contributed by atoms with Gasteiger partial charge in [-0.25, -0.2) is 0 Å². The van der Waals surface area contributed by atoms with Crippen molar-refractivity contribution in [2.45, 2.75) is 25.7 Å². The molecular weight excluding hydrogens is 413 g/mol. The first kappa shape index (κ1) is 20.5. The summed E-state index contributed by atoms with van der Waals surface area (Å²) in [5.41, 5.74) is 0.468. The Kier molecular flexibility index (Phi) is 6.02. The number of halogens is 2. The first-order valence-electron chi connectivity index (χ1n) is 10.3. The molecule has 0 spiro atoms. The van der Waals surface area contributed by atoms with E-state index in [1.165, 1.54) is 0 Å². The molecule has 1 saturated carbocycles. The molecule has 3 fully saturated rings. The first-order chi connectivity index (χ1) is 13.9. The van der Waals surface area contributed by atoms with E-state index in [9.17, 15) is 14.4 Å². The Bertz CT molecular complexity index is 791. The first-order valence-corrected chi connectivity index (χ1v) is 11.0. The van der Waals surface area contributed by atoms with Crippen LogP contribution >= 0.6 is 23.2 Å². The molecule has 3 amide bonds. The number of rotatable bonds is 3. The van der Waals surface area contributed by atoms with Gasteiger partial charge in [0.2, 0.25) is 11.8 Å². The highest BCUT2D eigenvalue weighted by Crippen LogP contribution is 2.32. The molecule has 0 atom stereocenters. The quantitative estimate of drug-likeness (QED) is 0.729. The number of nitrogens with zero attached hydrogens (tertiary/aromatic N) is 3. The van der Waals surface area contributed by atoms with Crippen LogP contribution in [0.15, 0.2) is 18.2 Å². The van der Waals surface area contributed by atoms with Crippen LogP contribution in [0.5, 0.6) is 0 Å². The average Bonchev–Trinajstić information content (AvgIpc) is 3.57. The lowest BCUT2D eigenvalue weighted by Crippen LogP contribution is -2.53. The Morgan fingerprint density at radius 2 is 1.10 bits per heavy atom. The van der Waals surface area contributed by atoms with Crippen LogP contribution in [-0.2, 0) is 9.59 Å². The normalized spacial score (nSPS) is 20.7. The number of carbonyl (C=O) groups excluding carboxylic acids is 3. The van der Waals surface area contributed by atoms with Gasteiger partial charge in [0.25, 0.3) is 5.91 Å². The maximum atomic E-state index is 12.9. The molecule has 1 aliphatic carbocycles. The largest absolute Gasteiger partial charge is 0.342 e. The van der Waals surface area contributed by atoms with Gasteiger partial charge in [-0.05, 0) is 43.9 Å². The van der Waals surface area contributed by atoms with Gasteiger partial charge in [0.15, 0.2) is 0 Å². The minimum atomic E-state index is -0.117.